The second-order valence-corrected chi connectivity index (χ2v) is 10.7. The largest absolute Gasteiger partial charge is 0.292 e. The van der Waals surface area contributed by atoms with E-state index in [0.717, 1.165) is 5.56 Å². The molecule has 3 rings (SSSR count). The maximum atomic E-state index is 12.9. The van der Waals surface area contributed by atoms with E-state index in [0.29, 0.717) is 11.4 Å². The van der Waals surface area contributed by atoms with Crippen LogP contribution in [0.4, 0.5) is 5.95 Å². The number of nitrogens with one attached hydrogen (secondary N) is 3. The molecule has 0 radical (unpaired) electrons. The molecule has 0 saturated heterocycles. The number of anilines is 1. The zero-order valence-corrected chi connectivity index (χ0v) is 20.3. The maximum absolute atomic E-state index is 12.9. The van der Waals surface area contributed by atoms with E-state index in [1.807, 2.05) is 11.8 Å². The van der Waals surface area contributed by atoms with E-state index in [1.165, 1.54) is 30.3 Å². The van der Waals surface area contributed by atoms with Crippen LogP contribution in [0.15, 0.2) is 69.5 Å². The Kier molecular flexibility index (Phi) is 7.20. The fourth-order valence-corrected chi connectivity index (χ4v) is 4.98. The Hall–Kier alpha value is -3.22. The molecule has 10 nitrogen and oxygen atoms in total. The first-order valence-corrected chi connectivity index (χ1v) is 12.8. The number of nitrogens with zero attached hydrogens (tertiary/aromatic N) is 3. The van der Waals surface area contributed by atoms with Crippen LogP contribution in [0, 0.1) is 20.8 Å². The number of sulfonamides is 2. The van der Waals surface area contributed by atoms with Gasteiger partial charge in [-0.25, -0.2) is 23.1 Å². The van der Waals surface area contributed by atoms with Crippen LogP contribution < -0.4 is 14.9 Å². The summed E-state index contributed by atoms with van der Waals surface area (Å²) in [5.74, 6) is -0.460. The molecule has 3 aromatic rings. The Labute approximate surface area is 197 Å². The standard InChI is InChI=1S/C20H21ClN6O4S2/c1-13-8-10-16(11-9-13)32(28,29)27-25-20(24-19-22-14(2)12-15(3)23-19)26-33(30,31)18-7-5-4-6-17(18)21/h4-12,27H,1-3H3,(H2,22,23,24,25,26). The zero-order chi connectivity index (χ0) is 24.2. The third-order valence-electron chi connectivity index (χ3n) is 4.18. The van der Waals surface area contributed by atoms with Gasteiger partial charge in [0.1, 0.15) is 4.90 Å². The summed E-state index contributed by atoms with van der Waals surface area (Å²) in [6.07, 6.45) is 0. The topological polar surface area (TPSA) is 143 Å². The molecule has 0 atom stereocenters. The highest BCUT2D eigenvalue weighted by molar-refractivity contribution is 7.90. The summed E-state index contributed by atoms with van der Waals surface area (Å²) in [6, 6.07) is 13.6. The molecule has 0 aliphatic heterocycles. The second kappa shape index (κ2) is 9.73. The van der Waals surface area contributed by atoms with Gasteiger partial charge in [-0.3, -0.25) is 5.32 Å². The molecule has 0 aliphatic rings. The molecule has 2 aromatic carbocycles. The summed E-state index contributed by atoms with van der Waals surface area (Å²) in [6.45, 7) is 5.27. The van der Waals surface area contributed by atoms with Crippen molar-refractivity contribution < 1.29 is 16.8 Å². The molecule has 0 aliphatic carbocycles. The zero-order valence-electron chi connectivity index (χ0n) is 17.9. The molecular formula is C20H21ClN6O4S2. The van der Waals surface area contributed by atoms with Crippen LogP contribution >= 0.6 is 11.6 Å². The molecule has 1 heterocycles. The minimum Gasteiger partial charge on any atom is -0.292 e. The van der Waals surface area contributed by atoms with E-state index in [-0.39, 0.29) is 20.8 Å². The molecule has 1 aromatic heterocycles. The molecule has 13 heteroatoms. The number of hydrogen-bond donors (Lipinski definition) is 3. The average molecular weight is 509 g/mol. The van der Waals surface area contributed by atoms with Crippen LogP contribution in [-0.4, -0.2) is 32.8 Å². The SMILES string of the molecule is Cc1ccc(S(=O)(=O)NN=C(Nc2nc(C)cc(C)n2)NS(=O)(=O)c2ccccc2Cl)cc1. The highest BCUT2D eigenvalue weighted by atomic mass is 35.5. The van der Waals surface area contributed by atoms with E-state index >= 15 is 0 Å². The molecule has 33 heavy (non-hydrogen) atoms. The van der Waals surface area contributed by atoms with E-state index in [4.69, 9.17) is 11.6 Å². The second-order valence-electron chi connectivity index (χ2n) is 7.00. The van der Waals surface area contributed by atoms with Crippen molar-refractivity contribution in [3.05, 3.63) is 76.6 Å². The van der Waals surface area contributed by atoms with Gasteiger partial charge in [0.05, 0.1) is 9.92 Å². The summed E-state index contributed by atoms with van der Waals surface area (Å²) >= 11 is 6.02. The number of hydrazone groups is 1. The molecule has 3 N–H and O–H groups in total. The van der Waals surface area contributed by atoms with Crippen molar-refractivity contribution in [2.75, 3.05) is 5.32 Å². The Balaban J connectivity index is 1.97. The first-order valence-electron chi connectivity index (χ1n) is 9.49. The molecule has 0 unspecified atom stereocenters. The van der Waals surface area contributed by atoms with E-state index in [9.17, 15) is 16.8 Å². The average Bonchev–Trinajstić information content (AvgIpc) is 2.72. The van der Waals surface area contributed by atoms with Crippen LogP contribution in [0.5, 0.6) is 0 Å². The van der Waals surface area contributed by atoms with Gasteiger partial charge in [0.15, 0.2) is 0 Å². The Morgan fingerprint density at radius 2 is 1.48 bits per heavy atom. The van der Waals surface area contributed by atoms with Gasteiger partial charge in [-0.1, -0.05) is 41.4 Å². The molecule has 0 fully saturated rings. The summed E-state index contributed by atoms with van der Waals surface area (Å²) in [7, 11) is -8.32. The van der Waals surface area contributed by atoms with Crippen LogP contribution in [0.2, 0.25) is 5.02 Å². The quantitative estimate of drug-likeness (QED) is 0.264. The van der Waals surface area contributed by atoms with Crippen LogP contribution in [0.3, 0.4) is 0 Å². The highest BCUT2D eigenvalue weighted by Gasteiger charge is 2.21. The van der Waals surface area contributed by atoms with Gasteiger partial charge >= 0.3 is 0 Å². The Morgan fingerprint density at radius 3 is 2.09 bits per heavy atom. The third kappa shape index (κ3) is 6.40. The minimum atomic E-state index is -4.23. The first kappa shape index (κ1) is 24.4. The molecule has 0 bridgehead atoms. The number of hydrogen-bond acceptors (Lipinski definition) is 7. The first-order chi connectivity index (χ1) is 15.5. The molecule has 174 valence electrons. The summed E-state index contributed by atoms with van der Waals surface area (Å²) in [5, 5.41) is 6.33. The van der Waals surface area contributed by atoms with Gasteiger partial charge in [0, 0.05) is 11.4 Å². The van der Waals surface area contributed by atoms with Crippen molar-refractivity contribution >= 4 is 43.6 Å². The summed E-state index contributed by atoms with van der Waals surface area (Å²) < 4.78 is 53.2. The monoisotopic (exact) mass is 508 g/mol. The lowest BCUT2D eigenvalue weighted by Crippen LogP contribution is -2.38. The van der Waals surface area contributed by atoms with Gasteiger partial charge in [0.25, 0.3) is 20.0 Å². The minimum absolute atomic E-state index is 0.0163. The van der Waals surface area contributed by atoms with Crippen LogP contribution in [0.25, 0.3) is 0 Å². The molecular weight excluding hydrogens is 488 g/mol. The van der Waals surface area contributed by atoms with Crippen molar-refractivity contribution in [3.8, 4) is 0 Å². The van der Waals surface area contributed by atoms with E-state index < -0.39 is 26.0 Å². The summed E-state index contributed by atoms with van der Waals surface area (Å²) in [5.41, 5.74) is 2.09. The predicted molar refractivity (Wildman–Crippen MR) is 126 cm³/mol. The normalized spacial score (nSPS) is 12.3. The Bertz CT molecular complexity index is 1390. The van der Waals surface area contributed by atoms with E-state index in [2.05, 4.69) is 25.1 Å². The maximum Gasteiger partial charge on any atom is 0.276 e. The fourth-order valence-electron chi connectivity index (χ4n) is 2.68. The van der Waals surface area contributed by atoms with Gasteiger partial charge in [-0.2, -0.15) is 13.2 Å². The number of aryl methyl sites for hydroxylation is 3. The van der Waals surface area contributed by atoms with Gasteiger partial charge in [-0.15, -0.1) is 5.10 Å². The van der Waals surface area contributed by atoms with Crippen molar-refractivity contribution in [2.45, 2.75) is 30.6 Å². The number of halogens is 1. The molecule has 0 saturated carbocycles. The van der Waals surface area contributed by atoms with Crippen molar-refractivity contribution in [3.63, 3.8) is 0 Å². The highest BCUT2D eigenvalue weighted by Crippen LogP contribution is 2.20. The van der Waals surface area contributed by atoms with Crippen molar-refractivity contribution in [1.82, 2.24) is 19.5 Å². The number of benzene rings is 2. The predicted octanol–water partition coefficient (Wildman–Crippen LogP) is 2.70. The third-order valence-corrected chi connectivity index (χ3v) is 7.24. The lowest BCUT2D eigenvalue weighted by atomic mass is 10.2. The van der Waals surface area contributed by atoms with Gasteiger partial charge < -0.3 is 0 Å². The summed E-state index contributed by atoms with van der Waals surface area (Å²) in [4.78, 5) is 10.1. The van der Waals surface area contributed by atoms with Crippen molar-refractivity contribution in [1.29, 1.82) is 0 Å². The smallest absolute Gasteiger partial charge is 0.276 e. The van der Waals surface area contributed by atoms with Gasteiger partial charge in [-0.05, 0) is 51.1 Å². The lowest BCUT2D eigenvalue weighted by molar-refractivity contribution is 0.582. The van der Waals surface area contributed by atoms with Crippen LogP contribution in [0.1, 0.15) is 17.0 Å². The molecule has 0 amide bonds. The molecule has 0 spiro atoms. The number of aromatic nitrogens is 2. The number of rotatable bonds is 6. The fraction of sp³-hybridized carbons (Fsp3) is 0.150. The Morgan fingerprint density at radius 1 is 0.879 bits per heavy atom. The lowest BCUT2D eigenvalue weighted by Gasteiger charge is -2.14. The van der Waals surface area contributed by atoms with E-state index in [1.54, 1.807) is 38.1 Å². The van der Waals surface area contributed by atoms with Crippen molar-refractivity contribution in [2.24, 2.45) is 5.10 Å². The van der Waals surface area contributed by atoms with Gasteiger partial charge in [0.2, 0.25) is 11.9 Å². The number of guanidine groups is 1. The van der Waals surface area contributed by atoms with Crippen LogP contribution in [-0.2, 0) is 20.0 Å².